The summed E-state index contributed by atoms with van der Waals surface area (Å²) in [6.45, 7) is 2.08. The van der Waals surface area contributed by atoms with Gasteiger partial charge in [-0.3, -0.25) is 4.79 Å². The molecule has 1 aromatic rings. The standard InChI is InChI=1S/C12H14ClNO4/c1-2-6-11(8(14)4-10(15)16)7(13)3-9-12(6)18-5-17-9/h3,8H,2,4-5,14H2,1H3,(H,15,16). The molecule has 0 saturated carbocycles. The zero-order valence-corrected chi connectivity index (χ0v) is 10.7. The molecule has 1 aliphatic rings. The fraction of sp³-hybridized carbons (Fsp3) is 0.417. The average Bonchev–Trinajstić information content (AvgIpc) is 2.73. The highest BCUT2D eigenvalue weighted by molar-refractivity contribution is 6.31. The molecule has 0 amide bonds. The number of rotatable bonds is 4. The minimum absolute atomic E-state index is 0.149. The Kier molecular flexibility index (Phi) is 3.63. The maximum atomic E-state index is 10.7. The zero-order valence-electron chi connectivity index (χ0n) is 9.90. The quantitative estimate of drug-likeness (QED) is 0.876. The Labute approximate surface area is 109 Å². The molecule has 18 heavy (non-hydrogen) atoms. The van der Waals surface area contributed by atoms with Crippen LogP contribution in [-0.2, 0) is 11.2 Å². The number of carboxylic acid groups (broad SMARTS) is 1. The largest absolute Gasteiger partial charge is 0.481 e. The highest BCUT2D eigenvalue weighted by atomic mass is 35.5. The minimum Gasteiger partial charge on any atom is -0.481 e. The second-order valence-electron chi connectivity index (χ2n) is 4.04. The van der Waals surface area contributed by atoms with E-state index in [0.29, 0.717) is 28.5 Å². The van der Waals surface area contributed by atoms with Gasteiger partial charge in [-0.25, -0.2) is 0 Å². The van der Waals surface area contributed by atoms with Gasteiger partial charge in [0, 0.05) is 22.7 Å². The van der Waals surface area contributed by atoms with Crippen LogP contribution in [0.15, 0.2) is 6.07 Å². The molecular formula is C12H14ClNO4. The van der Waals surface area contributed by atoms with Crippen LogP contribution < -0.4 is 15.2 Å². The number of hydrogen-bond donors (Lipinski definition) is 2. The van der Waals surface area contributed by atoms with Crippen LogP contribution in [0, 0.1) is 0 Å². The van der Waals surface area contributed by atoms with E-state index in [-0.39, 0.29) is 13.2 Å². The smallest absolute Gasteiger partial charge is 0.305 e. The first-order valence-electron chi connectivity index (χ1n) is 5.62. The number of hydrogen-bond acceptors (Lipinski definition) is 4. The molecule has 3 N–H and O–H groups in total. The van der Waals surface area contributed by atoms with Crippen LogP contribution >= 0.6 is 11.6 Å². The van der Waals surface area contributed by atoms with Crippen LogP contribution in [0.5, 0.6) is 11.5 Å². The number of benzene rings is 1. The summed E-state index contributed by atoms with van der Waals surface area (Å²) in [5, 5.41) is 9.24. The molecule has 0 spiro atoms. The van der Waals surface area contributed by atoms with E-state index in [4.69, 9.17) is 31.9 Å². The van der Waals surface area contributed by atoms with Gasteiger partial charge in [0.25, 0.3) is 0 Å². The Morgan fingerprint density at radius 3 is 2.94 bits per heavy atom. The summed E-state index contributed by atoms with van der Waals surface area (Å²) in [5.74, 6) is 0.249. The van der Waals surface area contributed by atoms with Crippen LogP contribution in [0.25, 0.3) is 0 Å². The fourth-order valence-corrected chi connectivity index (χ4v) is 2.49. The monoisotopic (exact) mass is 271 g/mol. The topological polar surface area (TPSA) is 81.8 Å². The van der Waals surface area contributed by atoms with Crippen molar-refractivity contribution in [2.75, 3.05) is 6.79 Å². The molecule has 1 aromatic carbocycles. The first-order valence-corrected chi connectivity index (χ1v) is 6.00. The molecule has 98 valence electrons. The van der Waals surface area contributed by atoms with Gasteiger partial charge in [0.15, 0.2) is 11.5 Å². The highest BCUT2D eigenvalue weighted by Gasteiger charge is 2.26. The molecule has 1 heterocycles. The lowest BCUT2D eigenvalue weighted by atomic mass is 9.95. The maximum Gasteiger partial charge on any atom is 0.305 e. The molecule has 1 atom stereocenters. The van der Waals surface area contributed by atoms with Gasteiger partial charge in [-0.1, -0.05) is 18.5 Å². The van der Waals surface area contributed by atoms with Crippen molar-refractivity contribution < 1.29 is 19.4 Å². The van der Waals surface area contributed by atoms with E-state index in [1.54, 1.807) is 6.07 Å². The van der Waals surface area contributed by atoms with Crippen LogP contribution in [0.3, 0.4) is 0 Å². The van der Waals surface area contributed by atoms with Crippen molar-refractivity contribution in [3.05, 3.63) is 22.2 Å². The molecule has 6 heteroatoms. The molecular weight excluding hydrogens is 258 g/mol. The van der Waals surface area contributed by atoms with Gasteiger partial charge < -0.3 is 20.3 Å². The van der Waals surface area contributed by atoms with E-state index >= 15 is 0 Å². The van der Waals surface area contributed by atoms with Crippen LogP contribution in [0.4, 0.5) is 0 Å². The summed E-state index contributed by atoms with van der Waals surface area (Å²) in [5.41, 5.74) is 7.36. The van der Waals surface area contributed by atoms with Crippen molar-refractivity contribution in [3.8, 4) is 11.5 Å². The SMILES string of the molecule is CCc1c2c(cc(Cl)c1C(N)CC(=O)O)OCO2. The van der Waals surface area contributed by atoms with Crippen molar-refractivity contribution >= 4 is 17.6 Å². The van der Waals surface area contributed by atoms with Crippen molar-refractivity contribution in [2.24, 2.45) is 5.73 Å². The van der Waals surface area contributed by atoms with E-state index in [0.717, 1.165) is 5.56 Å². The summed E-state index contributed by atoms with van der Waals surface area (Å²) < 4.78 is 10.7. The molecule has 0 saturated heterocycles. The molecule has 5 nitrogen and oxygen atoms in total. The second-order valence-corrected chi connectivity index (χ2v) is 4.45. The predicted molar refractivity (Wildman–Crippen MR) is 66.1 cm³/mol. The molecule has 0 bridgehead atoms. The summed E-state index contributed by atoms with van der Waals surface area (Å²) in [6.07, 6.45) is 0.473. The lowest BCUT2D eigenvalue weighted by molar-refractivity contribution is -0.137. The Morgan fingerprint density at radius 1 is 1.61 bits per heavy atom. The molecule has 0 aromatic heterocycles. The van der Waals surface area contributed by atoms with Gasteiger partial charge in [0.1, 0.15) is 0 Å². The van der Waals surface area contributed by atoms with Gasteiger partial charge >= 0.3 is 5.97 Å². The third-order valence-corrected chi connectivity index (χ3v) is 3.19. The number of aliphatic carboxylic acids is 1. The molecule has 2 rings (SSSR count). The molecule has 0 aliphatic carbocycles. The summed E-state index contributed by atoms with van der Waals surface area (Å²) >= 11 is 6.16. The Morgan fingerprint density at radius 2 is 2.33 bits per heavy atom. The first-order chi connectivity index (χ1) is 8.54. The first kappa shape index (κ1) is 13.0. The van der Waals surface area contributed by atoms with Gasteiger partial charge in [0.05, 0.1) is 6.42 Å². The lowest BCUT2D eigenvalue weighted by Gasteiger charge is -2.17. The molecule has 1 unspecified atom stereocenters. The fourth-order valence-electron chi connectivity index (χ4n) is 2.13. The van der Waals surface area contributed by atoms with Crippen molar-refractivity contribution in [2.45, 2.75) is 25.8 Å². The predicted octanol–water partition coefficient (Wildman–Crippen LogP) is 2.11. The normalized spacial score (nSPS) is 14.6. The average molecular weight is 272 g/mol. The van der Waals surface area contributed by atoms with Crippen LogP contribution in [0.2, 0.25) is 5.02 Å². The van der Waals surface area contributed by atoms with Gasteiger partial charge in [-0.15, -0.1) is 0 Å². The Balaban J connectivity index is 2.49. The Bertz CT molecular complexity index is 489. The molecule has 1 aliphatic heterocycles. The summed E-state index contributed by atoms with van der Waals surface area (Å²) in [6, 6.07) is 0.972. The molecule has 0 radical (unpaired) electrons. The van der Waals surface area contributed by atoms with E-state index in [1.807, 2.05) is 6.92 Å². The number of nitrogens with two attached hydrogens (primary N) is 1. The molecule has 0 fully saturated rings. The number of ether oxygens (including phenoxy) is 2. The number of carboxylic acids is 1. The van der Waals surface area contributed by atoms with E-state index in [2.05, 4.69) is 0 Å². The van der Waals surface area contributed by atoms with Gasteiger partial charge in [0.2, 0.25) is 6.79 Å². The number of carbonyl (C=O) groups is 1. The second kappa shape index (κ2) is 5.04. The van der Waals surface area contributed by atoms with Crippen molar-refractivity contribution in [3.63, 3.8) is 0 Å². The Hall–Kier alpha value is -1.46. The zero-order chi connectivity index (χ0) is 13.3. The van der Waals surface area contributed by atoms with E-state index in [1.165, 1.54) is 0 Å². The maximum absolute atomic E-state index is 10.7. The van der Waals surface area contributed by atoms with Gasteiger partial charge in [-0.2, -0.15) is 0 Å². The van der Waals surface area contributed by atoms with Crippen molar-refractivity contribution in [1.82, 2.24) is 0 Å². The number of fused-ring (bicyclic) bond motifs is 1. The highest BCUT2D eigenvalue weighted by Crippen LogP contribution is 2.43. The van der Waals surface area contributed by atoms with Crippen molar-refractivity contribution in [1.29, 1.82) is 0 Å². The third-order valence-electron chi connectivity index (χ3n) is 2.87. The summed E-state index contributed by atoms with van der Waals surface area (Å²) in [7, 11) is 0. The summed E-state index contributed by atoms with van der Waals surface area (Å²) in [4.78, 5) is 10.7. The van der Waals surface area contributed by atoms with Gasteiger partial charge in [-0.05, 0) is 12.0 Å². The third kappa shape index (κ3) is 2.23. The van der Waals surface area contributed by atoms with E-state index in [9.17, 15) is 4.79 Å². The number of halogens is 1. The van der Waals surface area contributed by atoms with E-state index < -0.39 is 12.0 Å². The van der Waals surface area contributed by atoms with Crippen LogP contribution in [0.1, 0.15) is 30.5 Å². The van der Waals surface area contributed by atoms with Crippen LogP contribution in [-0.4, -0.2) is 17.9 Å². The lowest BCUT2D eigenvalue weighted by Crippen LogP contribution is -2.17. The minimum atomic E-state index is -0.960.